The molecule has 2 aliphatic heterocycles. The van der Waals surface area contributed by atoms with Crippen molar-refractivity contribution in [2.45, 2.75) is 18.9 Å². The largest absolute Gasteiger partial charge is 0.437 e. The van der Waals surface area contributed by atoms with Gasteiger partial charge in [-0.05, 0) is 42.7 Å². The Morgan fingerprint density at radius 3 is 2.31 bits per heavy atom. The van der Waals surface area contributed by atoms with E-state index in [-0.39, 0.29) is 11.9 Å². The van der Waals surface area contributed by atoms with Crippen LogP contribution in [0, 0.1) is 5.82 Å². The molecule has 0 bridgehead atoms. The summed E-state index contributed by atoms with van der Waals surface area (Å²) in [5.74, 6) is 2.07. The van der Waals surface area contributed by atoms with E-state index >= 15 is 0 Å². The fraction of sp³-hybridized carbons (Fsp3) is 0.346. The maximum atomic E-state index is 13.8. The second-order valence-corrected chi connectivity index (χ2v) is 9.02. The van der Waals surface area contributed by atoms with Gasteiger partial charge in [0.15, 0.2) is 0 Å². The number of anilines is 2. The van der Waals surface area contributed by atoms with Gasteiger partial charge in [-0.3, -0.25) is 0 Å². The van der Waals surface area contributed by atoms with Gasteiger partial charge >= 0.3 is 0 Å². The van der Waals surface area contributed by atoms with Crippen molar-refractivity contribution in [3.8, 4) is 22.5 Å². The smallest absolute Gasteiger partial charge is 0.232 e. The van der Waals surface area contributed by atoms with Gasteiger partial charge in [0.2, 0.25) is 5.71 Å². The molecule has 2 N–H and O–H groups in total. The SMILES string of the molecule is NC1CCN(c2ncnc3oc(-c4ccc(N5CCOCC5)nc4)c(-c4ccc(F)cc4)c23)CC1. The number of furan rings is 1. The molecule has 2 aliphatic rings. The molecule has 5 heterocycles. The van der Waals surface area contributed by atoms with Gasteiger partial charge in [-0.2, -0.15) is 0 Å². The molecule has 180 valence electrons. The molecule has 35 heavy (non-hydrogen) atoms. The van der Waals surface area contributed by atoms with Crippen LogP contribution in [0.4, 0.5) is 16.0 Å². The summed E-state index contributed by atoms with van der Waals surface area (Å²) in [6.45, 7) is 4.65. The Morgan fingerprint density at radius 2 is 1.60 bits per heavy atom. The lowest BCUT2D eigenvalue weighted by molar-refractivity contribution is 0.122. The highest BCUT2D eigenvalue weighted by molar-refractivity contribution is 6.06. The van der Waals surface area contributed by atoms with Gasteiger partial charge in [0.1, 0.15) is 29.5 Å². The third-order valence-electron chi connectivity index (χ3n) is 6.79. The summed E-state index contributed by atoms with van der Waals surface area (Å²) in [6, 6.07) is 10.7. The van der Waals surface area contributed by atoms with E-state index in [1.54, 1.807) is 12.1 Å². The van der Waals surface area contributed by atoms with Crippen molar-refractivity contribution in [1.82, 2.24) is 15.0 Å². The normalized spacial score (nSPS) is 17.3. The minimum atomic E-state index is -0.291. The van der Waals surface area contributed by atoms with Crippen molar-refractivity contribution in [2.24, 2.45) is 5.73 Å². The number of halogens is 1. The van der Waals surface area contributed by atoms with Gasteiger partial charge in [-0.25, -0.2) is 19.3 Å². The molecule has 8 nitrogen and oxygen atoms in total. The van der Waals surface area contributed by atoms with Crippen LogP contribution in [0.2, 0.25) is 0 Å². The van der Waals surface area contributed by atoms with Gasteiger partial charge in [0.25, 0.3) is 0 Å². The number of ether oxygens (including phenoxy) is 1. The lowest BCUT2D eigenvalue weighted by Crippen LogP contribution is -2.40. The second kappa shape index (κ2) is 9.24. The summed E-state index contributed by atoms with van der Waals surface area (Å²) in [5.41, 5.74) is 9.13. The Morgan fingerprint density at radius 1 is 0.857 bits per heavy atom. The molecule has 9 heteroatoms. The first-order chi connectivity index (χ1) is 17.2. The van der Waals surface area contributed by atoms with Crippen LogP contribution in [0.1, 0.15) is 12.8 Å². The van der Waals surface area contributed by atoms with Crippen molar-refractivity contribution in [2.75, 3.05) is 49.2 Å². The summed E-state index contributed by atoms with van der Waals surface area (Å²) >= 11 is 0. The standard InChI is InChI=1S/C26H27FN6O2/c27-19-4-1-17(2-5-19)22-23-25(33-9-7-20(28)8-10-33)30-16-31-26(23)35-24(22)18-3-6-21(29-15-18)32-11-13-34-14-12-32/h1-6,15-16,20H,7-14,28H2. The molecule has 0 aliphatic carbocycles. The molecule has 3 aromatic heterocycles. The number of aromatic nitrogens is 3. The fourth-order valence-corrected chi connectivity index (χ4v) is 4.86. The molecule has 0 amide bonds. The zero-order chi connectivity index (χ0) is 23.8. The number of hydrogen-bond donors (Lipinski definition) is 1. The van der Waals surface area contributed by atoms with Crippen molar-refractivity contribution in [1.29, 1.82) is 0 Å². The Bertz CT molecular complexity index is 1310. The van der Waals surface area contributed by atoms with E-state index in [9.17, 15) is 4.39 Å². The van der Waals surface area contributed by atoms with Gasteiger partial charge in [0.05, 0.1) is 18.6 Å². The Labute approximate surface area is 202 Å². The molecule has 6 rings (SSSR count). The van der Waals surface area contributed by atoms with Gasteiger partial charge in [-0.15, -0.1) is 0 Å². The first-order valence-corrected chi connectivity index (χ1v) is 12.0. The highest BCUT2D eigenvalue weighted by atomic mass is 19.1. The van der Waals surface area contributed by atoms with Gasteiger partial charge in [0, 0.05) is 49.5 Å². The number of nitrogens with two attached hydrogens (primary N) is 1. The average Bonchev–Trinajstić information content (AvgIpc) is 3.30. The van der Waals surface area contributed by atoms with Crippen molar-refractivity contribution < 1.29 is 13.5 Å². The van der Waals surface area contributed by atoms with E-state index in [4.69, 9.17) is 19.9 Å². The predicted octanol–water partition coefficient (Wildman–Crippen LogP) is 3.86. The van der Waals surface area contributed by atoms with E-state index in [0.29, 0.717) is 24.7 Å². The fourth-order valence-electron chi connectivity index (χ4n) is 4.86. The number of nitrogens with zero attached hydrogens (tertiary/aromatic N) is 5. The van der Waals surface area contributed by atoms with Gasteiger partial charge < -0.3 is 24.7 Å². The summed E-state index contributed by atoms with van der Waals surface area (Å²) < 4.78 is 25.6. The number of pyridine rings is 1. The molecule has 0 spiro atoms. The lowest BCUT2D eigenvalue weighted by Gasteiger charge is -2.31. The van der Waals surface area contributed by atoms with E-state index in [1.165, 1.54) is 18.5 Å². The molecule has 0 saturated carbocycles. The highest BCUT2D eigenvalue weighted by Crippen LogP contribution is 2.43. The number of hydrogen-bond acceptors (Lipinski definition) is 8. The number of morpholine rings is 1. The lowest BCUT2D eigenvalue weighted by atomic mass is 9.99. The van der Waals surface area contributed by atoms with Crippen LogP contribution >= 0.6 is 0 Å². The Hall–Kier alpha value is -3.56. The van der Waals surface area contributed by atoms with Crippen molar-refractivity contribution in [3.05, 3.63) is 54.7 Å². The number of piperidine rings is 1. The van der Waals surface area contributed by atoms with E-state index < -0.39 is 0 Å². The number of benzene rings is 1. The van der Waals surface area contributed by atoms with Crippen molar-refractivity contribution >= 4 is 22.7 Å². The third-order valence-corrected chi connectivity index (χ3v) is 6.79. The third kappa shape index (κ3) is 4.21. The molecule has 0 atom stereocenters. The first-order valence-electron chi connectivity index (χ1n) is 12.0. The van der Waals surface area contributed by atoms with Crippen LogP contribution in [0.3, 0.4) is 0 Å². The summed E-state index contributed by atoms with van der Waals surface area (Å²) in [7, 11) is 0. The van der Waals surface area contributed by atoms with Crippen LogP contribution in [0.25, 0.3) is 33.6 Å². The topological polar surface area (TPSA) is 93.5 Å². The minimum Gasteiger partial charge on any atom is -0.437 e. The monoisotopic (exact) mass is 474 g/mol. The maximum absolute atomic E-state index is 13.8. The maximum Gasteiger partial charge on any atom is 0.232 e. The van der Waals surface area contributed by atoms with Crippen LogP contribution in [-0.2, 0) is 4.74 Å². The molecule has 0 radical (unpaired) electrons. The first kappa shape index (κ1) is 21.9. The van der Waals surface area contributed by atoms with Crippen LogP contribution in [0.5, 0.6) is 0 Å². The van der Waals surface area contributed by atoms with E-state index in [1.807, 2.05) is 18.3 Å². The molecular formula is C26H27FN6O2. The van der Waals surface area contributed by atoms with E-state index in [2.05, 4.69) is 19.8 Å². The quantitative estimate of drug-likeness (QED) is 0.477. The minimum absolute atomic E-state index is 0.205. The Balaban J connectivity index is 1.48. The molecule has 2 saturated heterocycles. The number of rotatable bonds is 4. The van der Waals surface area contributed by atoms with Gasteiger partial charge in [-0.1, -0.05) is 12.1 Å². The molecule has 4 aromatic rings. The van der Waals surface area contributed by atoms with Crippen LogP contribution < -0.4 is 15.5 Å². The molecule has 0 unspecified atom stereocenters. The number of fused-ring (bicyclic) bond motifs is 1. The Kier molecular flexibility index (Phi) is 5.79. The van der Waals surface area contributed by atoms with Crippen LogP contribution in [-0.4, -0.2) is 60.4 Å². The zero-order valence-electron chi connectivity index (χ0n) is 19.4. The zero-order valence-corrected chi connectivity index (χ0v) is 19.4. The summed E-state index contributed by atoms with van der Waals surface area (Å²) in [4.78, 5) is 18.2. The average molecular weight is 475 g/mol. The summed E-state index contributed by atoms with van der Waals surface area (Å²) in [6.07, 6.45) is 5.15. The molecule has 1 aromatic carbocycles. The van der Waals surface area contributed by atoms with Crippen LogP contribution in [0.15, 0.2) is 53.3 Å². The van der Waals surface area contributed by atoms with E-state index in [0.717, 1.165) is 72.7 Å². The molecule has 2 fully saturated rings. The molecular weight excluding hydrogens is 447 g/mol. The predicted molar refractivity (Wildman–Crippen MR) is 133 cm³/mol. The second-order valence-electron chi connectivity index (χ2n) is 9.02. The highest BCUT2D eigenvalue weighted by Gasteiger charge is 2.27. The van der Waals surface area contributed by atoms with Crippen molar-refractivity contribution in [3.63, 3.8) is 0 Å². The summed E-state index contributed by atoms with van der Waals surface area (Å²) in [5, 5.41) is 0.821.